The second-order valence-electron chi connectivity index (χ2n) is 3.88. The van der Waals surface area contributed by atoms with Crippen LogP contribution in [0.1, 0.15) is 16.8 Å². The summed E-state index contributed by atoms with van der Waals surface area (Å²) in [6.07, 6.45) is -0.215. The highest BCUT2D eigenvalue weighted by molar-refractivity contribution is 6.01. The van der Waals surface area contributed by atoms with Crippen molar-refractivity contribution < 1.29 is 19.1 Å². The molecule has 0 saturated carbocycles. The van der Waals surface area contributed by atoms with Gasteiger partial charge in [-0.3, -0.25) is 4.79 Å². The molecule has 6 nitrogen and oxygen atoms in total. The number of carbonyl (C=O) groups excluding carboxylic acids is 2. The largest absolute Gasteiger partial charge is 0.465 e. The van der Waals surface area contributed by atoms with Crippen LogP contribution in [0, 0.1) is 0 Å². The first kappa shape index (κ1) is 15.1. The average molecular weight is 266 g/mol. The van der Waals surface area contributed by atoms with Gasteiger partial charge < -0.3 is 20.5 Å². The Morgan fingerprint density at radius 3 is 2.58 bits per heavy atom. The zero-order chi connectivity index (χ0) is 14.3. The molecule has 3 N–H and O–H groups in total. The zero-order valence-corrected chi connectivity index (χ0v) is 11.0. The van der Waals surface area contributed by atoms with Crippen LogP contribution in [0.4, 0.5) is 5.69 Å². The van der Waals surface area contributed by atoms with Crippen LogP contribution in [-0.4, -0.2) is 38.7 Å². The molecule has 0 aliphatic carbocycles. The summed E-state index contributed by atoms with van der Waals surface area (Å²) in [5.41, 5.74) is 6.16. The Labute approximate surface area is 111 Å². The molecule has 0 fully saturated rings. The van der Waals surface area contributed by atoms with Gasteiger partial charge in [0.1, 0.15) is 0 Å². The first-order chi connectivity index (χ1) is 9.12. The molecule has 0 aromatic heterocycles. The molecule has 0 saturated heterocycles. The van der Waals surface area contributed by atoms with Crippen LogP contribution in [0.3, 0.4) is 0 Å². The van der Waals surface area contributed by atoms with Crippen LogP contribution in [-0.2, 0) is 14.3 Å². The summed E-state index contributed by atoms with van der Waals surface area (Å²) in [6, 6.07) is 6.63. The number of nitrogens with one attached hydrogen (secondary N) is 1. The van der Waals surface area contributed by atoms with Gasteiger partial charge in [-0.25, -0.2) is 4.79 Å². The lowest BCUT2D eigenvalue weighted by molar-refractivity contribution is -0.118. The highest BCUT2D eigenvalue weighted by Gasteiger charge is 2.15. The van der Waals surface area contributed by atoms with Gasteiger partial charge in [0.2, 0.25) is 5.91 Å². The van der Waals surface area contributed by atoms with Gasteiger partial charge in [-0.2, -0.15) is 0 Å². The molecule has 1 atom stereocenters. The minimum Gasteiger partial charge on any atom is -0.465 e. The molecule has 104 valence electrons. The number of hydrogen-bond acceptors (Lipinski definition) is 5. The molecule has 0 heterocycles. The summed E-state index contributed by atoms with van der Waals surface area (Å²) >= 11 is 0. The van der Waals surface area contributed by atoms with E-state index in [0.717, 1.165) is 0 Å². The predicted octanol–water partition coefficient (Wildman–Crippen LogP) is 0.775. The third kappa shape index (κ3) is 4.35. The topological polar surface area (TPSA) is 90.7 Å². The number of carbonyl (C=O) groups is 2. The molecule has 6 heteroatoms. The summed E-state index contributed by atoms with van der Waals surface area (Å²) in [5, 5.41) is 2.65. The minimum absolute atomic E-state index is 0.127. The third-order valence-electron chi connectivity index (χ3n) is 2.62. The first-order valence-electron chi connectivity index (χ1n) is 5.82. The number of hydrogen-bond donors (Lipinski definition) is 2. The Kier molecular flexibility index (Phi) is 5.98. The molecular weight excluding hydrogens is 248 g/mol. The lowest BCUT2D eigenvalue weighted by Gasteiger charge is -2.14. The van der Waals surface area contributed by atoms with E-state index in [9.17, 15) is 9.59 Å². The fraction of sp³-hybridized carbons (Fsp3) is 0.385. The molecule has 0 aliphatic rings. The normalized spacial score (nSPS) is 11.7. The van der Waals surface area contributed by atoms with E-state index in [-0.39, 0.29) is 25.0 Å². The molecule has 0 spiro atoms. The van der Waals surface area contributed by atoms with Crippen LogP contribution in [0.25, 0.3) is 0 Å². The van der Waals surface area contributed by atoms with Crippen molar-refractivity contribution in [3.63, 3.8) is 0 Å². The summed E-state index contributed by atoms with van der Waals surface area (Å²) in [5.74, 6) is -0.772. The third-order valence-corrected chi connectivity index (χ3v) is 2.62. The molecule has 1 unspecified atom stereocenters. The van der Waals surface area contributed by atoms with E-state index >= 15 is 0 Å². The Hall–Kier alpha value is -1.92. The van der Waals surface area contributed by atoms with E-state index in [1.165, 1.54) is 14.2 Å². The van der Waals surface area contributed by atoms with Gasteiger partial charge in [0.25, 0.3) is 0 Å². The summed E-state index contributed by atoms with van der Waals surface area (Å²) in [6.45, 7) is 0.253. The number of anilines is 1. The quantitative estimate of drug-likeness (QED) is 0.742. The molecule has 19 heavy (non-hydrogen) atoms. The molecule has 1 rings (SSSR count). The predicted molar refractivity (Wildman–Crippen MR) is 70.9 cm³/mol. The molecule has 1 aromatic carbocycles. The first-order valence-corrected chi connectivity index (χ1v) is 5.82. The number of amides is 1. The number of nitrogens with two attached hydrogens (primary N) is 1. The summed E-state index contributed by atoms with van der Waals surface area (Å²) in [7, 11) is 2.78. The van der Waals surface area contributed by atoms with Crippen LogP contribution in [0.2, 0.25) is 0 Å². The van der Waals surface area contributed by atoms with Crippen LogP contribution < -0.4 is 11.1 Å². The second kappa shape index (κ2) is 7.50. The van der Waals surface area contributed by atoms with E-state index in [4.69, 9.17) is 10.5 Å². The maximum atomic E-state index is 11.8. The fourth-order valence-corrected chi connectivity index (χ4v) is 1.55. The van der Waals surface area contributed by atoms with Crippen molar-refractivity contribution in [3.05, 3.63) is 29.8 Å². The number of ether oxygens (including phenoxy) is 2. The molecule has 1 aromatic rings. The van der Waals surface area contributed by atoms with E-state index in [2.05, 4.69) is 10.1 Å². The number of methoxy groups -OCH3 is 2. The van der Waals surface area contributed by atoms with Gasteiger partial charge in [0, 0.05) is 13.7 Å². The van der Waals surface area contributed by atoms with Gasteiger partial charge in [-0.05, 0) is 12.1 Å². The van der Waals surface area contributed by atoms with E-state index in [0.29, 0.717) is 11.3 Å². The van der Waals surface area contributed by atoms with Crippen molar-refractivity contribution >= 4 is 17.6 Å². The fourth-order valence-electron chi connectivity index (χ4n) is 1.55. The molecule has 0 bridgehead atoms. The summed E-state index contributed by atoms with van der Waals surface area (Å²) in [4.78, 5) is 23.3. The van der Waals surface area contributed by atoms with Gasteiger partial charge in [-0.1, -0.05) is 12.1 Å². The SMILES string of the molecule is COC(=O)c1ccccc1NC(=O)CC(CN)OC. The van der Waals surface area contributed by atoms with Crippen molar-refractivity contribution in [2.24, 2.45) is 5.73 Å². The molecular formula is C13H18N2O4. The van der Waals surface area contributed by atoms with Crippen molar-refractivity contribution in [1.29, 1.82) is 0 Å². The van der Waals surface area contributed by atoms with Crippen molar-refractivity contribution in [1.82, 2.24) is 0 Å². The average Bonchev–Trinajstić information content (AvgIpc) is 2.44. The van der Waals surface area contributed by atoms with E-state index in [1.54, 1.807) is 24.3 Å². The lowest BCUT2D eigenvalue weighted by atomic mass is 10.1. The van der Waals surface area contributed by atoms with Crippen LogP contribution in [0.5, 0.6) is 0 Å². The van der Waals surface area contributed by atoms with Crippen LogP contribution >= 0.6 is 0 Å². The number of benzene rings is 1. The Bertz CT molecular complexity index is 444. The number of esters is 1. The van der Waals surface area contributed by atoms with Gasteiger partial charge in [0.05, 0.1) is 30.9 Å². The van der Waals surface area contributed by atoms with Crippen molar-refractivity contribution in [2.45, 2.75) is 12.5 Å². The maximum Gasteiger partial charge on any atom is 0.339 e. The Morgan fingerprint density at radius 2 is 2.00 bits per heavy atom. The molecule has 1 amide bonds. The minimum atomic E-state index is -0.502. The molecule has 0 aliphatic heterocycles. The second-order valence-corrected chi connectivity index (χ2v) is 3.88. The van der Waals surface area contributed by atoms with Crippen molar-refractivity contribution in [3.8, 4) is 0 Å². The smallest absolute Gasteiger partial charge is 0.339 e. The van der Waals surface area contributed by atoms with E-state index < -0.39 is 5.97 Å². The number of para-hydroxylation sites is 1. The zero-order valence-electron chi connectivity index (χ0n) is 11.0. The van der Waals surface area contributed by atoms with Crippen LogP contribution in [0.15, 0.2) is 24.3 Å². The monoisotopic (exact) mass is 266 g/mol. The van der Waals surface area contributed by atoms with Gasteiger partial charge in [0.15, 0.2) is 0 Å². The lowest BCUT2D eigenvalue weighted by Crippen LogP contribution is -2.28. The maximum absolute atomic E-state index is 11.8. The van der Waals surface area contributed by atoms with E-state index in [1.807, 2.05) is 0 Å². The molecule has 0 radical (unpaired) electrons. The van der Waals surface area contributed by atoms with Crippen molar-refractivity contribution in [2.75, 3.05) is 26.1 Å². The standard InChI is InChI=1S/C13H18N2O4/c1-18-9(8-14)7-12(16)15-11-6-4-3-5-10(11)13(17)19-2/h3-6,9H,7-8,14H2,1-2H3,(H,15,16). The van der Waals surface area contributed by atoms with Gasteiger partial charge in [-0.15, -0.1) is 0 Å². The highest BCUT2D eigenvalue weighted by atomic mass is 16.5. The Balaban J connectivity index is 2.76. The number of rotatable bonds is 6. The highest BCUT2D eigenvalue weighted by Crippen LogP contribution is 2.16. The summed E-state index contributed by atoms with van der Waals surface area (Å²) < 4.78 is 9.68. The Morgan fingerprint density at radius 1 is 1.32 bits per heavy atom. The van der Waals surface area contributed by atoms with Gasteiger partial charge >= 0.3 is 5.97 Å².